The second kappa shape index (κ2) is 7.50. The maximum absolute atomic E-state index is 10.7. The fourth-order valence-corrected chi connectivity index (χ4v) is 1.43. The van der Waals surface area contributed by atoms with Gasteiger partial charge in [0.15, 0.2) is 11.5 Å². The van der Waals surface area contributed by atoms with Crippen LogP contribution in [0.3, 0.4) is 0 Å². The molecular weight excluding hydrogens is 236 g/mol. The molecule has 1 N–H and O–H groups in total. The van der Waals surface area contributed by atoms with E-state index in [2.05, 4.69) is 12.2 Å². The van der Waals surface area contributed by atoms with E-state index in [4.69, 9.17) is 9.47 Å². The van der Waals surface area contributed by atoms with Gasteiger partial charge in [0.1, 0.15) is 6.61 Å². The molecule has 0 heterocycles. The van der Waals surface area contributed by atoms with Crippen LogP contribution in [0.5, 0.6) is 11.5 Å². The number of hydrogen-bond donors (Lipinski definition) is 1. The summed E-state index contributed by atoms with van der Waals surface area (Å²) >= 11 is 0. The van der Waals surface area contributed by atoms with Gasteiger partial charge in [-0.3, -0.25) is 10.1 Å². The minimum absolute atomic E-state index is 0.00711. The monoisotopic (exact) mass is 254 g/mol. The second-order valence-corrected chi connectivity index (χ2v) is 3.69. The molecule has 0 spiro atoms. The SMILES string of the molecule is CCCNCCOc1cc([N+](=O)[O-])ccc1OC. The Morgan fingerprint density at radius 2 is 2.11 bits per heavy atom. The molecule has 0 saturated carbocycles. The van der Waals surface area contributed by atoms with E-state index in [1.807, 2.05) is 0 Å². The number of non-ortho nitro benzene ring substituents is 1. The van der Waals surface area contributed by atoms with Crippen molar-refractivity contribution in [2.75, 3.05) is 26.8 Å². The van der Waals surface area contributed by atoms with Gasteiger partial charge in [0, 0.05) is 12.6 Å². The average molecular weight is 254 g/mol. The van der Waals surface area contributed by atoms with Crippen LogP contribution in [0, 0.1) is 10.1 Å². The van der Waals surface area contributed by atoms with Crippen LogP contribution in [-0.4, -0.2) is 31.7 Å². The molecule has 0 atom stereocenters. The third-order valence-electron chi connectivity index (χ3n) is 2.32. The van der Waals surface area contributed by atoms with E-state index >= 15 is 0 Å². The Morgan fingerprint density at radius 3 is 2.72 bits per heavy atom. The van der Waals surface area contributed by atoms with Crippen molar-refractivity contribution in [3.8, 4) is 11.5 Å². The smallest absolute Gasteiger partial charge is 0.273 e. The normalized spacial score (nSPS) is 10.1. The molecule has 0 amide bonds. The topological polar surface area (TPSA) is 73.6 Å². The summed E-state index contributed by atoms with van der Waals surface area (Å²) in [4.78, 5) is 10.2. The Bertz CT molecular complexity index is 396. The lowest BCUT2D eigenvalue weighted by Crippen LogP contribution is -2.21. The molecule has 0 aliphatic heterocycles. The van der Waals surface area contributed by atoms with Crippen LogP contribution < -0.4 is 14.8 Å². The molecule has 1 rings (SSSR count). The zero-order valence-electron chi connectivity index (χ0n) is 10.6. The Balaban J connectivity index is 2.61. The van der Waals surface area contributed by atoms with E-state index in [0.717, 1.165) is 13.0 Å². The lowest BCUT2D eigenvalue weighted by atomic mass is 10.3. The number of nitrogens with one attached hydrogen (secondary N) is 1. The molecule has 1 aromatic carbocycles. The zero-order chi connectivity index (χ0) is 13.4. The van der Waals surface area contributed by atoms with Gasteiger partial charge in [0.25, 0.3) is 5.69 Å². The maximum atomic E-state index is 10.7. The van der Waals surface area contributed by atoms with Gasteiger partial charge in [-0.2, -0.15) is 0 Å². The van der Waals surface area contributed by atoms with Gasteiger partial charge in [-0.1, -0.05) is 6.92 Å². The first-order valence-electron chi connectivity index (χ1n) is 5.85. The van der Waals surface area contributed by atoms with E-state index in [9.17, 15) is 10.1 Å². The highest BCUT2D eigenvalue weighted by atomic mass is 16.6. The minimum Gasteiger partial charge on any atom is -0.493 e. The maximum Gasteiger partial charge on any atom is 0.273 e. The highest BCUT2D eigenvalue weighted by molar-refractivity contribution is 5.48. The summed E-state index contributed by atoms with van der Waals surface area (Å²) in [7, 11) is 1.50. The second-order valence-electron chi connectivity index (χ2n) is 3.69. The fraction of sp³-hybridized carbons (Fsp3) is 0.500. The molecule has 1 aromatic rings. The number of nitro groups is 1. The number of nitro benzene ring substituents is 1. The molecule has 0 unspecified atom stereocenters. The molecule has 18 heavy (non-hydrogen) atoms. The van der Waals surface area contributed by atoms with Gasteiger partial charge >= 0.3 is 0 Å². The summed E-state index contributed by atoms with van der Waals surface area (Å²) in [5.41, 5.74) is -0.00711. The standard InChI is InChI=1S/C12H18N2O4/c1-3-6-13-7-8-18-12-9-10(14(15)16)4-5-11(12)17-2/h4-5,9,13H,3,6-8H2,1-2H3. The lowest BCUT2D eigenvalue weighted by Gasteiger charge is -2.10. The molecule has 6 heteroatoms. The van der Waals surface area contributed by atoms with Crippen molar-refractivity contribution in [3.05, 3.63) is 28.3 Å². The van der Waals surface area contributed by atoms with Gasteiger partial charge in [0.2, 0.25) is 0 Å². The van der Waals surface area contributed by atoms with Crippen LogP contribution >= 0.6 is 0 Å². The van der Waals surface area contributed by atoms with Gasteiger partial charge < -0.3 is 14.8 Å². The molecule has 0 bridgehead atoms. The average Bonchev–Trinajstić information content (AvgIpc) is 2.38. The molecule has 0 radical (unpaired) electrons. The Labute approximate surface area is 106 Å². The van der Waals surface area contributed by atoms with Crippen LogP contribution in [-0.2, 0) is 0 Å². The van der Waals surface area contributed by atoms with Crippen LogP contribution in [0.25, 0.3) is 0 Å². The van der Waals surface area contributed by atoms with Gasteiger partial charge in [0.05, 0.1) is 18.1 Å². The van der Waals surface area contributed by atoms with Crippen molar-refractivity contribution in [3.63, 3.8) is 0 Å². The first-order chi connectivity index (χ1) is 8.69. The van der Waals surface area contributed by atoms with E-state index in [1.165, 1.54) is 25.3 Å². The first kappa shape index (κ1) is 14.2. The summed E-state index contributed by atoms with van der Waals surface area (Å²) < 4.78 is 10.6. The van der Waals surface area contributed by atoms with Crippen LogP contribution in [0.15, 0.2) is 18.2 Å². The lowest BCUT2D eigenvalue weighted by molar-refractivity contribution is -0.385. The van der Waals surface area contributed by atoms with Crippen molar-refractivity contribution in [2.45, 2.75) is 13.3 Å². The van der Waals surface area contributed by atoms with Crippen LogP contribution in [0.1, 0.15) is 13.3 Å². The quantitative estimate of drug-likeness (QED) is 0.436. The van der Waals surface area contributed by atoms with Crippen LogP contribution in [0.4, 0.5) is 5.69 Å². The summed E-state index contributed by atoms with van der Waals surface area (Å²) in [6.07, 6.45) is 1.06. The van der Waals surface area contributed by atoms with Gasteiger partial charge in [-0.15, -0.1) is 0 Å². The van der Waals surface area contributed by atoms with Gasteiger partial charge in [-0.25, -0.2) is 0 Å². The first-order valence-corrected chi connectivity index (χ1v) is 5.85. The summed E-state index contributed by atoms with van der Waals surface area (Å²) in [6, 6.07) is 4.30. The van der Waals surface area contributed by atoms with Crippen molar-refractivity contribution < 1.29 is 14.4 Å². The fourth-order valence-electron chi connectivity index (χ4n) is 1.43. The highest BCUT2D eigenvalue weighted by Gasteiger charge is 2.12. The predicted molar refractivity (Wildman–Crippen MR) is 68.3 cm³/mol. The third-order valence-corrected chi connectivity index (χ3v) is 2.32. The molecule has 0 saturated heterocycles. The largest absolute Gasteiger partial charge is 0.493 e. The molecule has 0 aliphatic carbocycles. The molecule has 6 nitrogen and oxygen atoms in total. The number of methoxy groups -OCH3 is 1. The van der Waals surface area contributed by atoms with E-state index in [1.54, 1.807) is 0 Å². The predicted octanol–water partition coefficient (Wildman–Crippen LogP) is 1.98. The van der Waals surface area contributed by atoms with E-state index in [-0.39, 0.29) is 5.69 Å². The number of benzene rings is 1. The third kappa shape index (κ3) is 4.21. The number of ether oxygens (including phenoxy) is 2. The summed E-state index contributed by atoms with van der Waals surface area (Å²) in [5, 5.41) is 13.8. The number of nitrogens with zero attached hydrogens (tertiary/aromatic N) is 1. The number of rotatable bonds is 8. The van der Waals surface area contributed by atoms with Crippen molar-refractivity contribution in [1.82, 2.24) is 5.32 Å². The molecular formula is C12H18N2O4. The van der Waals surface area contributed by atoms with Gasteiger partial charge in [-0.05, 0) is 19.0 Å². The molecule has 0 fully saturated rings. The molecule has 0 aliphatic rings. The van der Waals surface area contributed by atoms with E-state index in [0.29, 0.717) is 24.7 Å². The molecule has 0 aromatic heterocycles. The Kier molecular flexibility index (Phi) is 5.93. The summed E-state index contributed by atoms with van der Waals surface area (Å²) in [6.45, 7) is 4.14. The number of hydrogen-bond acceptors (Lipinski definition) is 5. The molecule has 100 valence electrons. The Morgan fingerprint density at radius 1 is 1.33 bits per heavy atom. The highest BCUT2D eigenvalue weighted by Crippen LogP contribution is 2.30. The van der Waals surface area contributed by atoms with Crippen LogP contribution in [0.2, 0.25) is 0 Å². The zero-order valence-corrected chi connectivity index (χ0v) is 10.6. The minimum atomic E-state index is -0.457. The van der Waals surface area contributed by atoms with Crippen molar-refractivity contribution in [2.24, 2.45) is 0 Å². The van der Waals surface area contributed by atoms with Crippen molar-refractivity contribution >= 4 is 5.69 Å². The Hall–Kier alpha value is -1.82. The van der Waals surface area contributed by atoms with Crippen molar-refractivity contribution in [1.29, 1.82) is 0 Å². The van der Waals surface area contributed by atoms with E-state index < -0.39 is 4.92 Å². The summed E-state index contributed by atoms with van der Waals surface area (Å²) in [5.74, 6) is 0.890.